The number of amides is 2. The van der Waals surface area contributed by atoms with Gasteiger partial charge >= 0.3 is 5.97 Å². The molecule has 2 amide bonds. The summed E-state index contributed by atoms with van der Waals surface area (Å²) in [4.78, 5) is 40.9. The lowest BCUT2D eigenvalue weighted by Crippen LogP contribution is -2.49. The van der Waals surface area contributed by atoms with Crippen molar-refractivity contribution in [3.05, 3.63) is 70.2 Å². The van der Waals surface area contributed by atoms with Gasteiger partial charge < -0.3 is 15.0 Å². The van der Waals surface area contributed by atoms with E-state index in [1.807, 2.05) is 0 Å². The molecule has 2 aromatic carbocycles. The first-order chi connectivity index (χ1) is 15.3. The lowest BCUT2D eigenvalue weighted by molar-refractivity contribution is -0.153. The standard InChI is InChI=1S/C24H28ClN3O4/c1-17-6-5-7-19(14-17)15-27-10-12-28(13-11-27)22(29)16-32-24(31)18(2)26-23(30)20-8-3-4-9-21(20)25/h3-9,14,18H,10-13,15-16H2,1-2H3,(H,26,30)/t18-/m0/s1. The summed E-state index contributed by atoms with van der Waals surface area (Å²) in [6.07, 6.45) is 0. The van der Waals surface area contributed by atoms with E-state index in [-0.39, 0.29) is 18.1 Å². The molecule has 1 fully saturated rings. The summed E-state index contributed by atoms with van der Waals surface area (Å²) in [6, 6.07) is 14.1. The Balaban J connectivity index is 1.40. The van der Waals surface area contributed by atoms with Gasteiger partial charge in [-0.05, 0) is 31.5 Å². The third-order valence-corrected chi connectivity index (χ3v) is 5.70. The summed E-state index contributed by atoms with van der Waals surface area (Å²) < 4.78 is 5.13. The van der Waals surface area contributed by atoms with Gasteiger partial charge in [0.15, 0.2) is 6.61 Å². The van der Waals surface area contributed by atoms with Crippen LogP contribution >= 0.6 is 11.6 Å². The first-order valence-electron chi connectivity index (χ1n) is 10.6. The first kappa shape index (κ1) is 23.8. The number of nitrogens with zero attached hydrogens (tertiary/aromatic N) is 2. The molecule has 1 aliphatic heterocycles. The number of carbonyl (C=O) groups is 3. The Morgan fingerprint density at radius 2 is 1.78 bits per heavy atom. The minimum Gasteiger partial charge on any atom is -0.454 e. The van der Waals surface area contributed by atoms with Crippen molar-refractivity contribution in [3.8, 4) is 0 Å². The SMILES string of the molecule is Cc1cccc(CN2CCN(C(=O)COC(=O)[C@H](C)NC(=O)c3ccccc3Cl)CC2)c1. The third kappa shape index (κ3) is 6.55. The zero-order valence-electron chi connectivity index (χ0n) is 18.3. The Bertz CT molecular complexity index is 973. The number of hydrogen-bond acceptors (Lipinski definition) is 5. The van der Waals surface area contributed by atoms with E-state index in [4.69, 9.17) is 16.3 Å². The lowest BCUT2D eigenvalue weighted by Gasteiger charge is -2.34. The zero-order chi connectivity index (χ0) is 23.1. The molecule has 0 saturated carbocycles. The van der Waals surface area contributed by atoms with Gasteiger partial charge in [-0.2, -0.15) is 0 Å². The van der Waals surface area contributed by atoms with Gasteiger partial charge in [0.2, 0.25) is 0 Å². The molecule has 0 spiro atoms. The molecule has 2 aromatic rings. The maximum absolute atomic E-state index is 12.4. The van der Waals surface area contributed by atoms with E-state index in [1.165, 1.54) is 18.1 Å². The summed E-state index contributed by atoms with van der Waals surface area (Å²) in [6.45, 7) is 6.78. The molecule has 0 aliphatic carbocycles. The fourth-order valence-corrected chi connectivity index (χ4v) is 3.77. The van der Waals surface area contributed by atoms with E-state index >= 15 is 0 Å². The summed E-state index contributed by atoms with van der Waals surface area (Å²) in [5.74, 6) is -1.38. The fraction of sp³-hybridized carbons (Fsp3) is 0.375. The molecule has 32 heavy (non-hydrogen) atoms. The minimum absolute atomic E-state index is 0.238. The normalized spacial score (nSPS) is 15.2. The molecule has 1 aliphatic rings. The van der Waals surface area contributed by atoms with E-state index in [1.54, 1.807) is 29.2 Å². The molecule has 3 rings (SSSR count). The number of piperazine rings is 1. The quantitative estimate of drug-likeness (QED) is 0.647. The summed E-state index contributed by atoms with van der Waals surface area (Å²) in [7, 11) is 0. The van der Waals surface area contributed by atoms with Crippen molar-refractivity contribution in [2.24, 2.45) is 0 Å². The van der Waals surface area contributed by atoms with Gasteiger partial charge in [0.05, 0.1) is 10.6 Å². The molecule has 1 saturated heterocycles. The maximum atomic E-state index is 12.4. The van der Waals surface area contributed by atoms with Crippen LogP contribution in [0.1, 0.15) is 28.4 Å². The number of carbonyl (C=O) groups excluding carboxylic acids is 3. The van der Waals surface area contributed by atoms with Crippen molar-refractivity contribution < 1.29 is 19.1 Å². The van der Waals surface area contributed by atoms with Crippen molar-refractivity contribution in [2.75, 3.05) is 32.8 Å². The molecule has 1 heterocycles. The summed E-state index contributed by atoms with van der Waals surface area (Å²) in [5.41, 5.74) is 2.76. The zero-order valence-corrected chi connectivity index (χ0v) is 19.1. The van der Waals surface area contributed by atoms with Gasteiger partial charge in [0.1, 0.15) is 6.04 Å². The number of hydrogen-bond donors (Lipinski definition) is 1. The van der Waals surface area contributed by atoms with Crippen LogP contribution in [-0.2, 0) is 20.9 Å². The summed E-state index contributed by atoms with van der Waals surface area (Å²) >= 11 is 6.00. The number of aryl methyl sites for hydroxylation is 1. The predicted molar refractivity (Wildman–Crippen MR) is 122 cm³/mol. The Labute approximate surface area is 193 Å². The Morgan fingerprint density at radius 3 is 2.47 bits per heavy atom. The average molecular weight is 458 g/mol. The maximum Gasteiger partial charge on any atom is 0.328 e. The van der Waals surface area contributed by atoms with Gasteiger partial charge in [-0.3, -0.25) is 14.5 Å². The van der Waals surface area contributed by atoms with Crippen molar-refractivity contribution >= 4 is 29.4 Å². The van der Waals surface area contributed by atoms with Gasteiger partial charge in [0, 0.05) is 32.7 Å². The number of nitrogens with one attached hydrogen (secondary N) is 1. The van der Waals surface area contributed by atoms with Crippen LogP contribution < -0.4 is 5.32 Å². The molecule has 7 nitrogen and oxygen atoms in total. The highest BCUT2D eigenvalue weighted by Crippen LogP contribution is 2.15. The van der Waals surface area contributed by atoms with Crippen molar-refractivity contribution in [1.29, 1.82) is 0 Å². The molecule has 0 bridgehead atoms. The smallest absolute Gasteiger partial charge is 0.328 e. The van der Waals surface area contributed by atoms with Crippen LogP contribution in [0.15, 0.2) is 48.5 Å². The molecule has 0 aromatic heterocycles. The number of halogens is 1. The van der Waals surface area contributed by atoms with Crippen molar-refractivity contribution in [2.45, 2.75) is 26.4 Å². The third-order valence-electron chi connectivity index (χ3n) is 5.37. The van der Waals surface area contributed by atoms with Gasteiger partial charge in [-0.1, -0.05) is 53.6 Å². The monoisotopic (exact) mass is 457 g/mol. The van der Waals surface area contributed by atoms with Crippen LogP contribution in [0.5, 0.6) is 0 Å². The summed E-state index contributed by atoms with van der Waals surface area (Å²) in [5, 5.41) is 2.84. The molecular weight excluding hydrogens is 430 g/mol. The molecule has 0 radical (unpaired) electrons. The van der Waals surface area contributed by atoms with E-state index in [2.05, 4.69) is 41.4 Å². The highest BCUT2D eigenvalue weighted by molar-refractivity contribution is 6.33. The molecule has 170 valence electrons. The van der Waals surface area contributed by atoms with E-state index in [0.717, 1.165) is 19.6 Å². The number of ether oxygens (including phenoxy) is 1. The highest BCUT2D eigenvalue weighted by Gasteiger charge is 2.24. The number of esters is 1. The van der Waals surface area contributed by atoms with Crippen LogP contribution in [0.4, 0.5) is 0 Å². The van der Waals surface area contributed by atoms with Crippen LogP contribution in [0.25, 0.3) is 0 Å². The van der Waals surface area contributed by atoms with Crippen LogP contribution in [-0.4, -0.2) is 66.4 Å². The topological polar surface area (TPSA) is 79.0 Å². The van der Waals surface area contributed by atoms with Gasteiger partial charge in [-0.15, -0.1) is 0 Å². The molecular formula is C24H28ClN3O4. The Hall–Kier alpha value is -2.90. The Kier molecular flexibility index (Phi) is 8.25. The molecule has 1 N–H and O–H groups in total. The average Bonchev–Trinajstić information content (AvgIpc) is 2.78. The first-order valence-corrected chi connectivity index (χ1v) is 11.0. The van der Waals surface area contributed by atoms with Gasteiger partial charge in [-0.25, -0.2) is 4.79 Å². The second-order valence-electron chi connectivity index (χ2n) is 7.93. The van der Waals surface area contributed by atoms with Gasteiger partial charge in [0.25, 0.3) is 11.8 Å². The number of rotatable bonds is 7. The largest absolute Gasteiger partial charge is 0.454 e. The van der Waals surface area contributed by atoms with E-state index < -0.39 is 17.9 Å². The van der Waals surface area contributed by atoms with Crippen LogP contribution in [0, 0.1) is 6.92 Å². The number of benzene rings is 2. The minimum atomic E-state index is -0.905. The fourth-order valence-electron chi connectivity index (χ4n) is 3.55. The highest BCUT2D eigenvalue weighted by atomic mass is 35.5. The van der Waals surface area contributed by atoms with E-state index in [0.29, 0.717) is 18.1 Å². The second kappa shape index (κ2) is 11.1. The van der Waals surface area contributed by atoms with Crippen LogP contribution in [0.2, 0.25) is 5.02 Å². The molecule has 1 atom stereocenters. The Morgan fingerprint density at radius 1 is 1.06 bits per heavy atom. The van der Waals surface area contributed by atoms with E-state index in [9.17, 15) is 14.4 Å². The van der Waals surface area contributed by atoms with Crippen molar-refractivity contribution in [3.63, 3.8) is 0 Å². The molecule has 0 unspecified atom stereocenters. The second-order valence-corrected chi connectivity index (χ2v) is 8.34. The predicted octanol–water partition coefficient (Wildman–Crippen LogP) is 2.65. The van der Waals surface area contributed by atoms with Crippen LogP contribution in [0.3, 0.4) is 0 Å². The lowest BCUT2D eigenvalue weighted by atomic mass is 10.1. The molecule has 8 heteroatoms. The van der Waals surface area contributed by atoms with Crippen molar-refractivity contribution in [1.82, 2.24) is 15.1 Å².